The lowest BCUT2D eigenvalue weighted by Crippen LogP contribution is -2.21. The fourth-order valence-corrected chi connectivity index (χ4v) is 2.63. The van der Waals surface area contributed by atoms with Gasteiger partial charge in [0, 0.05) is 31.5 Å². The van der Waals surface area contributed by atoms with E-state index in [1.807, 2.05) is 6.07 Å². The van der Waals surface area contributed by atoms with Gasteiger partial charge in [-0.1, -0.05) is 0 Å². The molecule has 88 valence electrons. The highest BCUT2D eigenvalue weighted by molar-refractivity contribution is 14.1. The largest absolute Gasteiger partial charge is 0.399 e. The zero-order valence-corrected chi connectivity index (χ0v) is 11.4. The molecule has 0 bridgehead atoms. The van der Waals surface area contributed by atoms with Crippen LogP contribution in [-0.4, -0.2) is 11.6 Å². The summed E-state index contributed by atoms with van der Waals surface area (Å²) in [5.41, 5.74) is 7.92. The first kappa shape index (κ1) is 11.4. The lowest BCUT2D eigenvalue weighted by molar-refractivity contribution is 0.0979. The van der Waals surface area contributed by atoms with Crippen LogP contribution in [0.3, 0.4) is 0 Å². The molecule has 1 aliphatic rings. The Kier molecular flexibility index (Phi) is 2.48. The van der Waals surface area contributed by atoms with Crippen LogP contribution in [0.4, 0.5) is 5.69 Å². The molecule has 0 saturated carbocycles. The molecule has 3 nitrogen and oxygen atoms in total. The van der Waals surface area contributed by atoms with Gasteiger partial charge in [0.2, 0.25) is 0 Å². The minimum Gasteiger partial charge on any atom is -0.399 e. The molecule has 18 heavy (non-hydrogen) atoms. The summed E-state index contributed by atoms with van der Waals surface area (Å²) < 4.78 is 0.936. The second kappa shape index (κ2) is 3.91. The van der Waals surface area contributed by atoms with E-state index in [0.717, 1.165) is 3.57 Å². The van der Waals surface area contributed by atoms with Crippen LogP contribution < -0.4 is 5.73 Å². The van der Waals surface area contributed by atoms with E-state index in [4.69, 9.17) is 5.73 Å². The lowest BCUT2D eigenvalue weighted by Gasteiger charge is -2.17. The molecule has 1 aliphatic carbocycles. The summed E-state index contributed by atoms with van der Waals surface area (Å²) in [5.74, 6) is -0.249. The second-order valence-corrected chi connectivity index (χ2v) is 5.40. The molecule has 0 amide bonds. The highest BCUT2D eigenvalue weighted by atomic mass is 127. The molecule has 0 fully saturated rings. The normalized spacial score (nSPS) is 13.2. The Bertz CT molecular complexity index is 645. The van der Waals surface area contributed by atoms with Gasteiger partial charge in [0.1, 0.15) is 0 Å². The zero-order chi connectivity index (χ0) is 12.9. The number of nitrogen functional groups attached to an aromatic ring is 1. The van der Waals surface area contributed by atoms with Crippen LogP contribution in [0.25, 0.3) is 0 Å². The molecular weight excluding hydrogens is 341 g/mol. The minimum atomic E-state index is -0.136. The maximum Gasteiger partial charge on any atom is 0.194 e. The summed E-state index contributed by atoms with van der Waals surface area (Å²) in [5, 5.41) is 0. The smallest absolute Gasteiger partial charge is 0.194 e. The van der Waals surface area contributed by atoms with Crippen molar-refractivity contribution in [1.29, 1.82) is 0 Å². The number of benzene rings is 2. The van der Waals surface area contributed by atoms with Gasteiger partial charge in [-0.3, -0.25) is 9.59 Å². The second-order valence-electron chi connectivity index (χ2n) is 4.15. The van der Waals surface area contributed by atoms with Crippen molar-refractivity contribution in [3.63, 3.8) is 0 Å². The van der Waals surface area contributed by atoms with Gasteiger partial charge >= 0.3 is 0 Å². The number of nitrogens with two attached hydrogens (primary N) is 1. The quantitative estimate of drug-likeness (QED) is 0.501. The molecule has 4 heteroatoms. The number of anilines is 1. The van der Waals surface area contributed by atoms with Crippen molar-refractivity contribution in [3.05, 3.63) is 62.2 Å². The predicted molar refractivity (Wildman–Crippen MR) is 76.9 cm³/mol. The summed E-state index contributed by atoms with van der Waals surface area (Å²) in [7, 11) is 0. The number of ketones is 2. The Morgan fingerprint density at radius 1 is 0.778 bits per heavy atom. The van der Waals surface area contributed by atoms with Gasteiger partial charge in [-0.15, -0.1) is 0 Å². The summed E-state index contributed by atoms with van der Waals surface area (Å²) in [6, 6.07) is 10.1. The molecule has 2 aromatic rings. The fraction of sp³-hybridized carbons (Fsp3) is 0. The monoisotopic (exact) mass is 349 g/mol. The van der Waals surface area contributed by atoms with Gasteiger partial charge in [-0.05, 0) is 59.0 Å². The minimum absolute atomic E-state index is 0.113. The Hall–Kier alpha value is -1.69. The van der Waals surface area contributed by atoms with Crippen molar-refractivity contribution >= 4 is 39.8 Å². The Balaban J connectivity index is 2.31. The van der Waals surface area contributed by atoms with Crippen molar-refractivity contribution in [1.82, 2.24) is 0 Å². The van der Waals surface area contributed by atoms with E-state index in [9.17, 15) is 9.59 Å². The van der Waals surface area contributed by atoms with Crippen LogP contribution in [0.5, 0.6) is 0 Å². The van der Waals surface area contributed by atoms with Gasteiger partial charge < -0.3 is 5.73 Å². The number of hydrogen-bond donors (Lipinski definition) is 1. The first-order valence-electron chi connectivity index (χ1n) is 5.36. The third-order valence-corrected chi connectivity index (χ3v) is 3.67. The van der Waals surface area contributed by atoms with Crippen LogP contribution in [0.2, 0.25) is 0 Å². The van der Waals surface area contributed by atoms with Crippen LogP contribution >= 0.6 is 22.6 Å². The Morgan fingerprint density at radius 2 is 1.33 bits per heavy atom. The Morgan fingerprint density at radius 3 is 2.00 bits per heavy atom. The summed E-state index contributed by atoms with van der Waals surface area (Å²) in [6.07, 6.45) is 0. The lowest BCUT2D eigenvalue weighted by atomic mass is 9.84. The number of carbonyl (C=O) groups is 2. The third-order valence-electron chi connectivity index (χ3n) is 3.00. The van der Waals surface area contributed by atoms with Crippen molar-refractivity contribution in [2.75, 3.05) is 5.73 Å². The molecule has 3 rings (SSSR count). The molecule has 0 atom stereocenters. The van der Waals surface area contributed by atoms with E-state index in [1.165, 1.54) is 0 Å². The molecule has 0 heterocycles. The summed E-state index contributed by atoms with van der Waals surface area (Å²) in [6.45, 7) is 0. The fourth-order valence-electron chi connectivity index (χ4n) is 2.14. The number of halogens is 1. The van der Waals surface area contributed by atoms with E-state index >= 15 is 0 Å². The highest BCUT2D eigenvalue weighted by Crippen LogP contribution is 2.29. The van der Waals surface area contributed by atoms with E-state index in [2.05, 4.69) is 22.6 Å². The summed E-state index contributed by atoms with van der Waals surface area (Å²) >= 11 is 2.12. The number of hydrogen-bond acceptors (Lipinski definition) is 3. The summed E-state index contributed by atoms with van der Waals surface area (Å²) in [4.78, 5) is 24.6. The molecule has 0 aliphatic heterocycles. The van der Waals surface area contributed by atoms with E-state index in [-0.39, 0.29) is 11.6 Å². The van der Waals surface area contributed by atoms with Crippen LogP contribution in [-0.2, 0) is 0 Å². The van der Waals surface area contributed by atoms with E-state index in [0.29, 0.717) is 27.9 Å². The first-order chi connectivity index (χ1) is 8.58. The number of fused-ring (bicyclic) bond motifs is 2. The average molecular weight is 349 g/mol. The molecule has 0 aromatic heterocycles. The van der Waals surface area contributed by atoms with Crippen LogP contribution in [0.1, 0.15) is 31.8 Å². The Labute approximate surface area is 117 Å². The highest BCUT2D eigenvalue weighted by Gasteiger charge is 2.29. The van der Waals surface area contributed by atoms with Gasteiger partial charge in [0.15, 0.2) is 11.6 Å². The molecule has 0 radical (unpaired) electrons. The SMILES string of the molecule is Nc1ccc2c(c1)C(=O)c1ccc(I)cc1C2=O. The predicted octanol–water partition coefficient (Wildman–Crippen LogP) is 2.65. The van der Waals surface area contributed by atoms with Gasteiger partial charge in [0.05, 0.1) is 0 Å². The molecule has 0 spiro atoms. The topological polar surface area (TPSA) is 60.2 Å². The van der Waals surface area contributed by atoms with Crippen LogP contribution in [0.15, 0.2) is 36.4 Å². The number of carbonyl (C=O) groups excluding carboxylic acids is 2. The van der Waals surface area contributed by atoms with Crippen molar-refractivity contribution in [3.8, 4) is 0 Å². The van der Waals surface area contributed by atoms with E-state index < -0.39 is 0 Å². The standard InChI is InChI=1S/C14H8INO2/c15-7-1-3-9-11(5-7)13(17)10-4-2-8(16)6-12(10)14(9)18/h1-6H,16H2. The molecule has 2 N–H and O–H groups in total. The third kappa shape index (κ3) is 1.56. The maximum absolute atomic E-state index is 12.3. The molecule has 2 aromatic carbocycles. The van der Waals surface area contributed by atoms with Gasteiger partial charge in [-0.25, -0.2) is 0 Å². The van der Waals surface area contributed by atoms with E-state index in [1.54, 1.807) is 30.3 Å². The average Bonchev–Trinajstić information content (AvgIpc) is 2.36. The molecular formula is C14H8INO2. The van der Waals surface area contributed by atoms with Crippen LogP contribution in [0, 0.1) is 3.57 Å². The molecule has 0 saturated heterocycles. The first-order valence-corrected chi connectivity index (χ1v) is 6.44. The molecule has 0 unspecified atom stereocenters. The van der Waals surface area contributed by atoms with Gasteiger partial charge in [-0.2, -0.15) is 0 Å². The van der Waals surface area contributed by atoms with Crippen molar-refractivity contribution in [2.45, 2.75) is 0 Å². The number of rotatable bonds is 0. The van der Waals surface area contributed by atoms with Crippen molar-refractivity contribution in [2.24, 2.45) is 0 Å². The van der Waals surface area contributed by atoms with Gasteiger partial charge in [0.25, 0.3) is 0 Å². The maximum atomic E-state index is 12.3. The zero-order valence-electron chi connectivity index (χ0n) is 9.24. The van der Waals surface area contributed by atoms with Crippen molar-refractivity contribution < 1.29 is 9.59 Å².